The lowest BCUT2D eigenvalue weighted by molar-refractivity contribution is 0.125. The first-order valence-electron chi connectivity index (χ1n) is 6.68. The number of ether oxygens (including phenoxy) is 1. The van der Waals surface area contributed by atoms with E-state index in [1.54, 1.807) is 0 Å². The maximum Gasteiger partial charge on any atom is 0.322 e. The molecule has 0 saturated carbocycles. The van der Waals surface area contributed by atoms with Gasteiger partial charge >= 0.3 is 6.01 Å². The van der Waals surface area contributed by atoms with Gasteiger partial charge in [-0.1, -0.05) is 0 Å². The summed E-state index contributed by atoms with van der Waals surface area (Å²) in [4.78, 5) is 14.7. The molecule has 0 aliphatic carbocycles. The van der Waals surface area contributed by atoms with E-state index in [2.05, 4.69) is 19.9 Å². The van der Waals surface area contributed by atoms with Gasteiger partial charge in [-0.25, -0.2) is 0 Å². The summed E-state index contributed by atoms with van der Waals surface area (Å²) in [5.74, 6) is 0.572. The molecule has 2 aliphatic rings. The highest BCUT2D eigenvalue weighted by atomic mass is 35.5. The standard InChI is InChI=1S/C12H17ClN4O2/c1-2-19-12-15-10(13)14-11(16-12)17-7-3-4-8(17)6-9(18)5-7/h7-9,18H,2-6H2,1H3. The molecule has 19 heavy (non-hydrogen) atoms. The lowest BCUT2D eigenvalue weighted by Crippen LogP contribution is -2.45. The number of fused-ring (bicyclic) bond motifs is 2. The number of anilines is 1. The Bertz CT molecular complexity index is 459. The summed E-state index contributed by atoms with van der Waals surface area (Å²) in [6.07, 6.45) is 3.45. The van der Waals surface area contributed by atoms with Gasteiger partial charge in [-0.2, -0.15) is 15.0 Å². The fourth-order valence-electron chi connectivity index (χ4n) is 3.11. The Kier molecular flexibility index (Phi) is 3.45. The highest BCUT2D eigenvalue weighted by molar-refractivity contribution is 6.28. The van der Waals surface area contributed by atoms with Crippen molar-refractivity contribution in [3.63, 3.8) is 0 Å². The molecule has 2 bridgehead atoms. The molecule has 3 heterocycles. The number of aliphatic hydroxyl groups is 1. The fourth-order valence-corrected chi connectivity index (χ4v) is 3.25. The van der Waals surface area contributed by atoms with Gasteiger partial charge in [0.2, 0.25) is 11.2 Å². The summed E-state index contributed by atoms with van der Waals surface area (Å²) in [7, 11) is 0. The highest BCUT2D eigenvalue weighted by Crippen LogP contribution is 2.38. The van der Waals surface area contributed by atoms with Crippen LogP contribution in [-0.4, -0.2) is 44.9 Å². The van der Waals surface area contributed by atoms with Crippen molar-refractivity contribution >= 4 is 17.5 Å². The number of aliphatic hydroxyl groups excluding tert-OH is 1. The van der Waals surface area contributed by atoms with Crippen LogP contribution in [0.15, 0.2) is 0 Å². The molecule has 2 saturated heterocycles. The predicted octanol–water partition coefficient (Wildman–Crippen LogP) is 1.42. The van der Waals surface area contributed by atoms with E-state index in [0.29, 0.717) is 24.6 Å². The van der Waals surface area contributed by atoms with Crippen LogP contribution in [0.1, 0.15) is 32.6 Å². The number of aromatic nitrogens is 3. The Morgan fingerprint density at radius 1 is 1.26 bits per heavy atom. The van der Waals surface area contributed by atoms with E-state index in [-0.39, 0.29) is 17.4 Å². The molecule has 2 fully saturated rings. The second kappa shape index (κ2) is 5.09. The molecule has 0 amide bonds. The number of halogens is 1. The van der Waals surface area contributed by atoms with Gasteiger partial charge in [0.1, 0.15) is 0 Å². The Hall–Kier alpha value is -1.14. The maximum atomic E-state index is 9.82. The van der Waals surface area contributed by atoms with Crippen molar-refractivity contribution in [2.45, 2.75) is 50.8 Å². The van der Waals surface area contributed by atoms with Gasteiger partial charge in [0, 0.05) is 12.1 Å². The van der Waals surface area contributed by atoms with Gasteiger partial charge in [-0.15, -0.1) is 0 Å². The minimum Gasteiger partial charge on any atom is -0.464 e. The SMILES string of the molecule is CCOc1nc(Cl)nc(N2C3CCC2CC(O)C3)n1. The van der Waals surface area contributed by atoms with Crippen LogP contribution in [0.4, 0.5) is 5.95 Å². The largest absolute Gasteiger partial charge is 0.464 e. The van der Waals surface area contributed by atoms with Crippen LogP contribution in [0.2, 0.25) is 5.28 Å². The molecule has 2 aliphatic heterocycles. The fraction of sp³-hybridized carbons (Fsp3) is 0.750. The van der Waals surface area contributed by atoms with Gasteiger partial charge in [0.05, 0.1) is 12.7 Å². The molecule has 1 aromatic heterocycles. The van der Waals surface area contributed by atoms with E-state index < -0.39 is 0 Å². The number of nitrogens with zero attached hydrogens (tertiary/aromatic N) is 4. The van der Waals surface area contributed by atoms with Crippen LogP contribution in [0.3, 0.4) is 0 Å². The molecule has 1 aromatic rings. The molecule has 6 nitrogen and oxygen atoms in total. The molecule has 0 aromatic carbocycles. The molecule has 7 heteroatoms. The minimum absolute atomic E-state index is 0.152. The first-order valence-corrected chi connectivity index (χ1v) is 7.06. The first-order chi connectivity index (χ1) is 9.17. The smallest absolute Gasteiger partial charge is 0.322 e. The van der Waals surface area contributed by atoms with Crippen molar-refractivity contribution in [3.05, 3.63) is 5.28 Å². The molecule has 3 rings (SSSR count). The molecule has 0 radical (unpaired) electrons. The summed E-state index contributed by atoms with van der Waals surface area (Å²) in [5.41, 5.74) is 0. The summed E-state index contributed by atoms with van der Waals surface area (Å²) in [6.45, 7) is 2.36. The summed E-state index contributed by atoms with van der Waals surface area (Å²) >= 11 is 5.93. The Morgan fingerprint density at radius 3 is 2.58 bits per heavy atom. The number of hydrogen-bond acceptors (Lipinski definition) is 6. The topological polar surface area (TPSA) is 71.4 Å². The van der Waals surface area contributed by atoms with Gasteiger partial charge in [-0.3, -0.25) is 0 Å². The van der Waals surface area contributed by atoms with Crippen LogP contribution in [0, 0.1) is 0 Å². The quantitative estimate of drug-likeness (QED) is 0.905. The predicted molar refractivity (Wildman–Crippen MR) is 70.5 cm³/mol. The van der Waals surface area contributed by atoms with Crippen LogP contribution < -0.4 is 9.64 Å². The van der Waals surface area contributed by atoms with Gasteiger partial charge < -0.3 is 14.7 Å². The van der Waals surface area contributed by atoms with Crippen molar-refractivity contribution in [2.75, 3.05) is 11.5 Å². The number of rotatable bonds is 3. The van der Waals surface area contributed by atoms with Gasteiger partial charge in [0.15, 0.2) is 0 Å². The summed E-state index contributed by atoms with van der Waals surface area (Å²) < 4.78 is 5.31. The second-order valence-electron chi connectivity index (χ2n) is 5.04. The molecular formula is C12H17ClN4O2. The number of hydrogen-bond donors (Lipinski definition) is 1. The van der Waals surface area contributed by atoms with Crippen LogP contribution in [0.5, 0.6) is 6.01 Å². The van der Waals surface area contributed by atoms with E-state index >= 15 is 0 Å². The summed E-state index contributed by atoms with van der Waals surface area (Å²) in [6, 6.07) is 0.853. The minimum atomic E-state index is -0.211. The Morgan fingerprint density at radius 2 is 1.95 bits per heavy atom. The van der Waals surface area contributed by atoms with Crippen molar-refractivity contribution in [3.8, 4) is 6.01 Å². The zero-order valence-electron chi connectivity index (χ0n) is 10.8. The molecule has 2 unspecified atom stereocenters. The zero-order valence-corrected chi connectivity index (χ0v) is 11.5. The van der Waals surface area contributed by atoms with Crippen molar-refractivity contribution in [1.29, 1.82) is 0 Å². The van der Waals surface area contributed by atoms with Crippen molar-refractivity contribution in [1.82, 2.24) is 15.0 Å². The average molecular weight is 285 g/mol. The third-order valence-corrected chi connectivity index (χ3v) is 3.96. The Labute approximate surface area is 116 Å². The van der Waals surface area contributed by atoms with Crippen LogP contribution in [0.25, 0.3) is 0 Å². The monoisotopic (exact) mass is 284 g/mol. The van der Waals surface area contributed by atoms with Crippen molar-refractivity contribution < 1.29 is 9.84 Å². The third-order valence-electron chi connectivity index (χ3n) is 3.79. The van der Waals surface area contributed by atoms with E-state index in [1.165, 1.54) is 0 Å². The lowest BCUT2D eigenvalue weighted by Gasteiger charge is -2.37. The number of piperidine rings is 1. The normalized spacial score (nSPS) is 29.6. The van der Waals surface area contributed by atoms with E-state index in [9.17, 15) is 5.11 Å². The van der Waals surface area contributed by atoms with E-state index in [1.807, 2.05) is 6.92 Å². The zero-order chi connectivity index (χ0) is 13.4. The third kappa shape index (κ3) is 2.47. The average Bonchev–Trinajstić information content (AvgIpc) is 2.61. The molecule has 1 N–H and O–H groups in total. The first kappa shape index (κ1) is 12.9. The second-order valence-corrected chi connectivity index (χ2v) is 5.38. The van der Waals surface area contributed by atoms with Gasteiger partial charge in [0.25, 0.3) is 0 Å². The van der Waals surface area contributed by atoms with Crippen LogP contribution >= 0.6 is 11.6 Å². The summed E-state index contributed by atoms with van der Waals surface area (Å²) in [5, 5.41) is 9.97. The van der Waals surface area contributed by atoms with E-state index in [4.69, 9.17) is 16.3 Å². The van der Waals surface area contributed by atoms with Crippen molar-refractivity contribution in [2.24, 2.45) is 0 Å². The van der Waals surface area contributed by atoms with E-state index in [0.717, 1.165) is 25.7 Å². The Balaban J connectivity index is 1.90. The van der Waals surface area contributed by atoms with Crippen LogP contribution in [-0.2, 0) is 0 Å². The molecule has 2 atom stereocenters. The molecule has 104 valence electrons. The van der Waals surface area contributed by atoms with Gasteiger partial charge in [-0.05, 0) is 44.2 Å². The highest BCUT2D eigenvalue weighted by Gasteiger charge is 2.41. The molecule has 0 spiro atoms. The molecular weight excluding hydrogens is 268 g/mol. The maximum absolute atomic E-state index is 9.82. The lowest BCUT2D eigenvalue weighted by atomic mass is 10.0.